The molecule has 5 nitrogen and oxygen atoms in total. The summed E-state index contributed by atoms with van der Waals surface area (Å²) in [6, 6.07) is 108. The number of aryl methyl sites for hydroxylation is 1. The van der Waals surface area contributed by atoms with E-state index >= 15 is 0 Å². The van der Waals surface area contributed by atoms with Gasteiger partial charge < -0.3 is 25.7 Å². The molecule has 0 aliphatic carbocycles. The van der Waals surface area contributed by atoms with E-state index in [9.17, 15) is 0 Å². The maximum absolute atomic E-state index is 5.96. The number of para-hydroxylation sites is 2. The quantitative estimate of drug-likeness (QED) is 0.122. The molecule has 0 fully saturated rings. The second kappa shape index (κ2) is 24.6. The largest absolute Gasteiger partial charge is 0.456 e. The van der Waals surface area contributed by atoms with Gasteiger partial charge in [-0.2, -0.15) is 0 Å². The van der Waals surface area contributed by atoms with Crippen LogP contribution in [0, 0.1) is 6.92 Å². The predicted molar refractivity (Wildman–Crippen MR) is 390 cm³/mol. The summed E-state index contributed by atoms with van der Waals surface area (Å²) in [5, 5.41) is 29.3. The Balaban J connectivity index is 0.0000000996. The molecule has 0 saturated heterocycles. The molecule has 8 heteroatoms. The van der Waals surface area contributed by atoms with Crippen molar-refractivity contribution < 1.29 is 4.42 Å². The van der Waals surface area contributed by atoms with Gasteiger partial charge in [0.05, 0.1) is 0 Å². The van der Waals surface area contributed by atoms with Crippen molar-refractivity contribution in [1.29, 1.82) is 0 Å². The summed E-state index contributed by atoms with van der Waals surface area (Å²) in [6.45, 7) is 2.10. The molecule has 0 aliphatic heterocycles. The number of hydrogen-bond donors (Lipinski definition) is 4. The Hall–Kier alpha value is -10.7. The first-order valence-electron chi connectivity index (χ1n) is 29.8. The summed E-state index contributed by atoms with van der Waals surface area (Å²) < 4.78 is 14.0. The smallest absolute Gasteiger partial charge is 0.137 e. The number of fused-ring (bicyclic) bond motifs is 14. The first-order valence-corrected chi connectivity index (χ1v) is 32.2. The minimum Gasteiger partial charge on any atom is -0.456 e. The van der Waals surface area contributed by atoms with E-state index in [4.69, 9.17) is 4.42 Å². The van der Waals surface area contributed by atoms with Crippen LogP contribution in [0.25, 0.3) is 104 Å². The van der Waals surface area contributed by atoms with Crippen LogP contribution in [-0.4, -0.2) is 0 Å². The maximum atomic E-state index is 5.96. The van der Waals surface area contributed by atoms with Gasteiger partial charge in [-0.3, -0.25) is 0 Å². The fourth-order valence-electron chi connectivity index (χ4n) is 11.6. The van der Waals surface area contributed by atoms with Crippen molar-refractivity contribution in [2.24, 2.45) is 0 Å². The van der Waals surface area contributed by atoms with Gasteiger partial charge in [-0.15, -0.1) is 34.0 Å². The van der Waals surface area contributed by atoms with Crippen molar-refractivity contribution in [3.05, 3.63) is 315 Å². The highest BCUT2D eigenvalue weighted by atomic mass is 32.1. The van der Waals surface area contributed by atoms with Gasteiger partial charge in [-0.05, 0) is 138 Å². The highest BCUT2D eigenvalue weighted by Gasteiger charge is 2.11. The lowest BCUT2D eigenvalue weighted by atomic mass is 10.1. The fraction of sp³-hybridized carbons (Fsp3) is 0.0123. The van der Waals surface area contributed by atoms with Crippen molar-refractivity contribution in [1.82, 2.24) is 0 Å². The van der Waals surface area contributed by atoms with Gasteiger partial charge in [-0.25, -0.2) is 0 Å². The molecule has 0 unspecified atom stereocenters. The average molecular weight is 1200 g/mol. The van der Waals surface area contributed by atoms with Crippen molar-refractivity contribution in [2.75, 3.05) is 21.3 Å². The number of benzene rings is 14. The Morgan fingerprint density at radius 1 is 0.225 bits per heavy atom. The lowest BCUT2D eigenvalue weighted by Crippen LogP contribution is -1.90. The summed E-state index contributed by atoms with van der Waals surface area (Å²) in [6.07, 6.45) is 0. The molecule has 18 rings (SSSR count). The van der Waals surface area contributed by atoms with E-state index in [2.05, 4.69) is 301 Å². The molecule has 0 radical (unpaired) electrons. The number of hydrogen-bond acceptors (Lipinski definition) is 8. The Morgan fingerprint density at radius 3 is 1.20 bits per heavy atom. The second-order valence-electron chi connectivity index (χ2n) is 22.1. The van der Waals surface area contributed by atoms with E-state index in [1.807, 2.05) is 70.4 Å². The van der Waals surface area contributed by atoms with Crippen LogP contribution in [0.15, 0.2) is 314 Å². The third-order valence-corrected chi connectivity index (χ3v) is 19.4. The van der Waals surface area contributed by atoms with Gasteiger partial charge in [0.25, 0.3) is 0 Å². The topological polar surface area (TPSA) is 61.3 Å². The number of rotatable bonds is 8. The molecule has 0 atom stereocenters. The molecule has 426 valence electrons. The number of thiophene rings is 3. The van der Waals surface area contributed by atoms with Crippen LogP contribution in [0.5, 0.6) is 0 Å². The summed E-state index contributed by atoms with van der Waals surface area (Å²) in [4.78, 5) is 0. The van der Waals surface area contributed by atoms with Gasteiger partial charge in [-0.1, -0.05) is 194 Å². The molecule has 0 spiro atoms. The van der Waals surface area contributed by atoms with Crippen LogP contribution in [0.2, 0.25) is 0 Å². The number of nitrogens with one attached hydrogen (secondary N) is 4. The lowest BCUT2D eigenvalue weighted by molar-refractivity contribution is 0.669. The van der Waals surface area contributed by atoms with E-state index in [1.54, 1.807) is 0 Å². The molecule has 0 saturated carbocycles. The monoisotopic (exact) mass is 1200 g/mol. The first kappa shape index (κ1) is 54.9. The third-order valence-electron chi connectivity index (χ3n) is 16.0. The van der Waals surface area contributed by atoms with Crippen molar-refractivity contribution in [3.63, 3.8) is 0 Å². The van der Waals surface area contributed by atoms with Crippen molar-refractivity contribution in [2.45, 2.75) is 6.92 Å². The second-order valence-corrected chi connectivity index (χ2v) is 25.3. The molecular weight excluding hydrogens is 1140 g/mol. The lowest BCUT2D eigenvalue weighted by Gasteiger charge is -2.10. The molecular formula is C81H58N4OS3. The zero-order chi connectivity index (χ0) is 59.5. The number of anilines is 8. The van der Waals surface area contributed by atoms with Gasteiger partial charge in [0.1, 0.15) is 11.2 Å². The Labute approximate surface area is 527 Å². The van der Waals surface area contributed by atoms with Crippen LogP contribution in [0.3, 0.4) is 0 Å². The van der Waals surface area contributed by atoms with Gasteiger partial charge in [0, 0.05) is 128 Å². The molecule has 14 aromatic carbocycles. The molecule has 0 aliphatic rings. The SMILES string of the molecule is Cc1ccc(Nc2ccc3c(c2)sc2ccccc23)cc1.c1ccc(Nc2ccc3c(c2)sc2ccccc23)cc1.c1ccc2c(Nc3ccc4c(c3)sc3ccccc34)cccc2c1.c1ccc2cc(Nc3ccc4c(c3)oc3ccccc34)ccc2c1. The zero-order valence-corrected chi connectivity index (χ0v) is 51.0. The van der Waals surface area contributed by atoms with Crippen LogP contribution in [0.1, 0.15) is 5.56 Å². The maximum Gasteiger partial charge on any atom is 0.137 e. The van der Waals surface area contributed by atoms with Gasteiger partial charge >= 0.3 is 0 Å². The normalized spacial score (nSPS) is 11.2. The Morgan fingerprint density at radius 2 is 0.607 bits per heavy atom. The van der Waals surface area contributed by atoms with Crippen molar-refractivity contribution in [3.8, 4) is 0 Å². The highest BCUT2D eigenvalue weighted by Crippen LogP contribution is 2.40. The van der Waals surface area contributed by atoms with E-state index in [0.29, 0.717) is 0 Å². The predicted octanol–water partition coefficient (Wildman–Crippen LogP) is 25.3. The van der Waals surface area contributed by atoms with E-state index in [0.717, 1.165) is 67.4 Å². The van der Waals surface area contributed by atoms with Crippen LogP contribution in [0.4, 0.5) is 45.5 Å². The summed E-state index contributed by atoms with van der Waals surface area (Å²) in [7, 11) is 0. The minimum absolute atomic E-state index is 0.905. The molecule has 4 aromatic heterocycles. The molecule has 0 amide bonds. The molecule has 89 heavy (non-hydrogen) atoms. The summed E-state index contributed by atoms with van der Waals surface area (Å²) in [5.74, 6) is 0. The average Bonchev–Trinajstić information content (AvgIpc) is 2.08. The molecule has 4 heterocycles. The van der Waals surface area contributed by atoms with Crippen LogP contribution < -0.4 is 21.3 Å². The Kier molecular flexibility index (Phi) is 15.1. The van der Waals surface area contributed by atoms with Gasteiger partial charge in [0.15, 0.2) is 0 Å². The number of furan rings is 1. The van der Waals surface area contributed by atoms with E-state index in [1.165, 1.54) is 87.6 Å². The van der Waals surface area contributed by atoms with E-state index < -0.39 is 0 Å². The van der Waals surface area contributed by atoms with Crippen molar-refractivity contribution >= 4 is 184 Å². The summed E-state index contributed by atoms with van der Waals surface area (Å²) in [5.41, 5.74) is 12.0. The molecule has 4 N–H and O–H groups in total. The first-order chi connectivity index (χ1) is 43.9. The zero-order valence-electron chi connectivity index (χ0n) is 48.6. The van der Waals surface area contributed by atoms with Crippen LogP contribution >= 0.6 is 34.0 Å². The molecule has 18 aromatic rings. The third kappa shape index (κ3) is 11.8. The molecule has 0 bridgehead atoms. The van der Waals surface area contributed by atoms with E-state index in [-0.39, 0.29) is 0 Å². The Bertz CT molecular complexity index is 5540. The highest BCUT2D eigenvalue weighted by molar-refractivity contribution is 7.26. The van der Waals surface area contributed by atoms with Gasteiger partial charge in [0.2, 0.25) is 0 Å². The standard InChI is InChI=1S/C22H15NO.C22H15NS.C19H15NS.C18H13NS/c1-2-6-16-13-17(10-9-15(16)5-1)23-18-11-12-20-19-7-3-4-8-21(19)24-22(20)14-18;1-2-8-17-15(6-1)7-5-10-20(17)23-16-12-13-19-18-9-3-4-11-21(18)24-22(19)14-16;1-13-6-8-14(9-7-13)20-15-10-11-17-16-4-2-3-5-18(16)21-19(17)12-15;1-2-6-13(7-3-1)19-14-10-11-16-15-8-4-5-9-17(15)20-18(16)12-14/h2*1-14,23H;2-12,20H,1H3;1-12,19H. The summed E-state index contributed by atoms with van der Waals surface area (Å²) >= 11 is 5.55. The fourth-order valence-corrected chi connectivity index (χ4v) is 15.1. The van der Waals surface area contributed by atoms with Crippen LogP contribution in [-0.2, 0) is 0 Å². The minimum atomic E-state index is 0.905.